The Bertz CT molecular complexity index is 178. The van der Waals surface area contributed by atoms with Crippen LogP contribution in [0.1, 0.15) is 0 Å². The van der Waals surface area contributed by atoms with Crippen molar-refractivity contribution >= 4 is 64.9 Å². The molecule has 0 aliphatic rings. The first-order valence-corrected chi connectivity index (χ1v) is 6.33. The summed E-state index contributed by atoms with van der Waals surface area (Å²) in [6, 6.07) is 0. The van der Waals surface area contributed by atoms with Crippen molar-refractivity contribution in [1.29, 1.82) is 0 Å². The highest BCUT2D eigenvalue weighted by atomic mass is 35.5. The Morgan fingerprint density at radius 3 is 1.82 bits per heavy atom. The van der Waals surface area contributed by atoms with Gasteiger partial charge in [-0.1, -0.05) is 46.4 Å². The molecule has 0 fully saturated rings. The van der Waals surface area contributed by atoms with Gasteiger partial charge in [0.1, 0.15) is 0 Å². The van der Waals surface area contributed by atoms with Crippen LogP contribution in [0.2, 0.25) is 0 Å². The number of hydrogen-bond acceptors (Lipinski definition) is 2. The van der Waals surface area contributed by atoms with Crippen LogP contribution in [-0.2, 0) is 16.3 Å². The molecule has 0 saturated carbocycles. The monoisotopic (exact) mass is 278 g/mol. The van der Waals surface area contributed by atoms with E-state index in [1.54, 1.807) is 0 Å². The number of hydrogen-bond donors (Lipinski definition) is 2. The van der Waals surface area contributed by atoms with Gasteiger partial charge in [-0.2, -0.15) is 0 Å². The number of rotatable bonds is 3. The van der Waals surface area contributed by atoms with Crippen LogP contribution >= 0.6 is 53.1 Å². The van der Waals surface area contributed by atoms with Gasteiger partial charge in [-0.25, -0.2) is 0 Å². The Kier molecular flexibility index (Phi) is 4.92. The molecule has 0 bridgehead atoms. The van der Waals surface area contributed by atoms with Crippen molar-refractivity contribution in [2.75, 3.05) is 0 Å². The fraction of sp³-hybridized carbons (Fsp3) is 1.00. The second-order valence-corrected chi connectivity index (χ2v) is 6.45. The van der Waals surface area contributed by atoms with Crippen molar-refractivity contribution in [3.05, 3.63) is 0 Å². The largest absolute Gasteiger partial charge is 0.324 e. The molecular formula is C2H3Cl4O3PS. The topological polar surface area (TPSA) is 49.7 Å². The summed E-state index contributed by atoms with van der Waals surface area (Å²) in [4.78, 5) is 15.8. The van der Waals surface area contributed by atoms with Gasteiger partial charge in [0.2, 0.25) is 0 Å². The highest BCUT2D eigenvalue weighted by Gasteiger charge is 2.38. The highest BCUT2D eigenvalue weighted by Crippen LogP contribution is 2.48. The van der Waals surface area contributed by atoms with E-state index in [9.17, 15) is 0 Å². The summed E-state index contributed by atoms with van der Waals surface area (Å²) in [5.41, 5.74) is 0. The van der Waals surface area contributed by atoms with Gasteiger partial charge in [0.15, 0.2) is 4.84 Å². The number of alkyl halides is 4. The Balaban J connectivity index is 4.25. The fourth-order valence-electron chi connectivity index (χ4n) is 0.198. The van der Waals surface area contributed by atoms with E-state index in [4.69, 9.17) is 56.2 Å². The first-order chi connectivity index (χ1) is 4.65. The average Bonchev–Trinajstić information content (AvgIpc) is 1.56. The molecule has 0 atom stereocenters. The summed E-state index contributed by atoms with van der Waals surface area (Å²) >= 11 is 25.0. The third kappa shape index (κ3) is 5.86. The third-order valence-electron chi connectivity index (χ3n) is 0.495. The Labute approximate surface area is 88.4 Å². The standard InChI is InChI=1S/C2H3Cl4O3PS/c3-1(4)2(5,6)9-10(7,8)11/h1H,(H2,7,8,11). The van der Waals surface area contributed by atoms with Gasteiger partial charge in [-0.15, -0.1) is 0 Å². The van der Waals surface area contributed by atoms with Crippen molar-refractivity contribution in [1.82, 2.24) is 0 Å². The smallest absolute Gasteiger partial charge is 0.324 e. The molecule has 0 rings (SSSR count). The summed E-state index contributed by atoms with van der Waals surface area (Å²) in [6.45, 7) is -3.94. The lowest BCUT2D eigenvalue weighted by molar-refractivity contribution is 0.208. The lowest BCUT2D eigenvalue weighted by Crippen LogP contribution is -2.24. The zero-order chi connectivity index (χ0) is 9.28. The lowest BCUT2D eigenvalue weighted by Gasteiger charge is -2.22. The van der Waals surface area contributed by atoms with E-state index < -0.39 is 16.1 Å². The van der Waals surface area contributed by atoms with E-state index in [0.29, 0.717) is 0 Å². The maximum atomic E-state index is 8.58. The molecule has 11 heavy (non-hydrogen) atoms. The van der Waals surface area contributed by atoms with E-state index >= 15 is 0 Å². The van der Waals surface area contributed by atoms with Crippen molar-refractivity contribution in [3.63, 3.8) is 0 Å². The van der Waals surface area contributed by atoms with Crippen molar-refractivity contribution in [2.45, 2.75) is 9.36 Å². The van der Waals surface area contributed by atoms with Gasteiger partial charge in [0.05, 0.1) is 0 Å². The van der Waals surface area contributed by atoms with E-state index in [-0.39, 0.29) is 0 Å². The molecule has 0 unspecified atom stereocenters. The van der Waals surface area contributed by atoms with Gasteiger partial charge >= 0.3 is 6.72 Å². The normalized spacial score (nSPS) is 14.1. The van der Waals surface area contributed by atoms with Crippen LogP contribution < -0.4 is 0 Å². The zero-order valence-corrected chi connectivity index (χ0v) is 9.48. The fourth-order valence-corrected chi connectivity index (χ4v) is 2.01. The second-order valence-electron chi connectivity index (χ2n) is 1.44. The van der Waals surface area contributed by atoms with Crippen LogP contribution in [0.15, 0.2) is 0 Å². The van der Waals surface area contributed by atoms with Crippen LogP contribution in [0.3, 0.4) is 0 Å². The molecule has 0 aromatic carbocycles. The minimum atomic E-state index is -3.94. The van der Waals surface area contributed by atoms with E-state index in [1.807, 2.05) is 0 Å². The van der Waals surface area contributed by atoms with Gasteiger partial charge in [0, 0.05) is 0 Å². The Morgan fingerprint density at radius 2 is 1.73 bits per heavy atom. The maximum Gasteiger partial charge on any atom is 0.324 e. The minimum absolute atomic E-state index is 1.33. The Morgan fingerprint density at radius 1 is 1.36 bits per heavy atom. The van der Waals surface area contributed by atoms with Gasteiger partial charge in [-0.05, 0) is 11.8 Å². The molecule has 0 aliphatic heterocycles. The van der Waals surface area contributed by atoms with Gasteiger partial charge in [-0.3, -0.25) is 4.52 Å². The van der Waals surface area contributed by atoms with Crippen LogP contribution in [0.4, 0.5) is 0 Å². The van der Waals surface area contributed by atoms with E-state index in [1.165, 1.54) is 0 Å². The molecular weight excluding hydrogens is 277 g/mol. The molecule has 0 radical (unpaired) electrons. The predicted octanol–water partition coefficient (Wildman–Crippen LogP) is 2.15. The second kappa shape index (κ2) is 4.27. The molecule has 0 amide bonds. The first kappa shape index (κ1) is 12.7. The first-order valence-electron chi connectivity index (χ1n) is 2.07. The molecule has 0 saturated heterocycles. The summed E-state index contributed by atoms with van der Waals surface area (Å²) in [5.74, 6) is 0. The van der Waals surface area contributed by atoms with E-state index in [2.05, 4.69) is 16.3 Å². The number of halogens is 4. The lowest BCUT2D eigenvalue weighted by atomic mass is 10.8. The molecule has 3 nitrogen and oxygen atoms in total. The highest BCUT2D eigenvalue weighted by molar-refractivity contribution is 8.06. The van der Waals surface area contributed by atoms with Crippen LogP contribution in [0, 0.1) is 0 Å². The molecule has 9 heteroatoms. The SMILES string of the molecule is OP(O)(=S)OC(Cl)(Cl)C(Cl)Cl. The average molecular weight is 280 g/mol. The molecule has 0 aromatic heterocycles. The molecule has 0 spiro atoms. The summed E-state index contributed by atoms with van der Waals surface area (Å²) in [6.07, 6.45) is 0. The molecule has 0 heterocycles. The molecule has 2 N–H and O–H groups in total. The van der Waals surface area contributed by atoms with Gasteiger partial charge < -0.3 is 9.79 Å². The van der Waals surface area contributed by atoms with Crippen molar-refractivity contribution < 1.29 is 14.3 Å². The Hall–Kier alpha value is 1.69. The molecule has 68 valence electrons. The van der Waals surface area contributed by atoms with E-state index in [0.717, 1.165) is 0 Å². The summed E-state index contributed by atoms with van der Waals surface area (Å²) in [7, 11) is 0. The van der Waals surface area contributed by atoms with Crippen LogP contribution in [0.25, 0.3) is 0 Å². The quantitative estimate of drug-likeness (QED) is 0.614. The maximum absolute atomic E-state index is 8.58. The van der Waals surface area contributed by atoms with Crippen LogP contribution in [-0.4, -0.2) is 19.1 Å². The van der Waals surface area contributed by atoms with Crippen molar-refractivity contribution in [3.8, 4) is 0 Å². The van der Waals surface area contributed by atoms with Crippen molar-refractivity contribution in [2.24, 2.45) is 0 Å². The molecule has 0 aromatic rings. The summed E-state index contributed by atoms with van der Waals surface area (Å²) in [5, 5.41) is 0. The summed E-state index contributed by atoms with van der Waals surface area (Å²) < 4.78 is 2.10. The van der Waals surface area contributed by atoms with Gasteiger partial charge in [0.25, 0.3) is 4.52 Å². The zero-order valence-electron chi connectivity index (χ0n) is 4.75. The third-order valence-corrected chi connectivity index (χ3v) is 3.11. The molecule has 0 aliphatic carbocycles. The predicted molar refractivity (Wildman–Crippen MR) is 49.7 cm³/mol. The van der Waals surface area contributed by atoms with Crippen LogP contribution in [0.5, 0.6) is 0 Å². The minimum Gasteiger partial charge on any atom is -0.324 e.